The van der Waals surface area contributed by atoms with E-state index in [-0.39, 0.29) is 11.8 Å². The molecule has 1 atom stereocenters. The van der Waals surface area contributed by atoms with Crippen molar-refractivity contribution in [3.63, 3.8) is 0 Å². The van der Waals surface area contributed by atoms with Gasteiger partial charge in [0.05, 0.1) is 17.1 Å². The van der Waals surface area contributed by atoms with Gasteiger partial charge in [-0.2, -0.15) is 10.2 Å². The molecule has 0 aliphatic heterocycles. The first-order valence-corrected chi connectivity index (χ1v) is 7.90. The van der Waals surface area contributed by atoms with Gasteiger partial charge in [-0.05, 0) is 31.4 Å². The van der Waals surface area contributed by atoms with Crippen LogP contribution in [0, 0.1) is 6.92 Å². The van der Waals surface area contributed by atoms with Gasteiger partial charge in [0, 0.05) is 12.3 Å². The number of hydrogen-bond donors (Lipinski definition) is 2. The number of sulfone groups is 1. The number of nitrogens with two attached hydrogens (primary N) is 1. The molecule has 1 aromatic heterocycles. The van der Waals surface area contributed by atoms with Crippen molar-refractivity contribution in [2.24, 2.45) is 5.84 Å². The van der Waals surface area contributed by atoms with E-state index >= 15 is 0 Å². The molecule has 0 amide bonds. The van der Waals surface area contributed by atoms with Crippen molar-refractivity contribution >= 4 is 9.84 Å². The Morgan fingerprint density at radius 3 is 2.61 bits per heavy atom. The van der Waals surface area contributed by atoms with Crippen molar-refractivity contribution in [1.29, 1.82) is 0 Å². The molecule has 102 valence electrons. The third-order valence-electron chi connectivity index (χ3n) is 2.71. The molecule has 6 nitrogen and oxygen atoms in total. The molecule has 1 rings (SSSR count). The molecule has 1 heterocycles. The van der Waals surface area contributed by atoms with Gasteiger partial charge in [0.25, 0.3) is 0 Å². The monoisotopic (exact) mass is 272 g/mol. The molecule has 0 bridgehead atoms. The van der Waals surface area contributed by atoms with Gasteiger partial charge in [-0.3, -0.25) is 11.3 Å². The fourth-order valence-electron chi connectivity index (χ4n) is 1.77. The maximum atomic E-state index is 11.2. The minimum absolute atomic E-state index is 0.0897. The van der Waals surface area contributed by atoms with Crippen LogP contribution in [0.15, 0.2) is 6.07 Å². The summed E-state index contributed by atoms with van der Waals surface area (Å²) in [5.41, 5.74) is 5.23. The Kier molecular flexibility index (Phi) is 5.18. The van der Waals surface area contributed by atoms with Gasteiger partial charge in [-0.25, -0.2) is 8.42 Å². The SMILES string of the molecule is CCc1nnc(C)cc1C(CCS(C)(=O)=O)NN. The smallest absolute Gasteiger partial charge is 0.147 e. The second-order valence-corrected chi connectivity index (χ2v) is 6.64. The van der Waals surface area contributed by atoms with E-state index in [4.69, 9.17) is 5.84 Å². The van der Waals surface area contributed by atoms with E-state index in [2.05, 4.69) is 15.6 Å². The summed E-state index contributed by atoms with van der Waals surface area (Å²) in [6, 6.07) is 1.68. The van der Waals surface area contributed by atoms with E-state index in [1.165, 1.54) is 6.26 Å². The third kappa shape index (κ3) is 4.32. The molecule has 0 aliphatic rings. The van der Waals surface area contributed by atoms with Gasteiger partial charge in [-0.15, -0.1) is 0 Å². The largest absolute Gasteiger partial charge is 0.271 e. The zero-order valence-corrected chi connectivity index (χ0v) is 11.8. The van der Waals surface area contributed by atoms with Gasteiger partial charge < -0.3 is 0 Å². The van der Waals surface area contributed by atoms with Crippen molar-refractivity contribution in [3.05, 3.63) is 23.0 Å². The van der Waals surface area contributed by atoms with Crippen LogP contribution in [0.5, 0.6) is 0 Å². The third-order valence-corrected chi connectivity index (χ3v) is 3.69. The number of hydrogen-bond acceptors (Lipinski definition) is 6. The summed E-state index contributed by atoms with van der Waals surface area (Å²) in [5, 5.41) is 8.11. The fourth-order valence-corrected chi connectivity index (χ4v) is 2.44. The molecule has 0 radical (unpaired) electrons. The number of rotatable bonds is 6. The highest BCUT2D eigenvalue weighted by atomic mass is 32.2. The van der Waals surface area contributed by atoms with Gasteiger partial charge in [-0.1, -0.05) is 6.92 Å². The quantitative estimate of drug-likeness (QED) is 0.570. The molecule has 3 N–H and O–H groups in total. The molecule has 18 heavy (non-hydrogen) atoms. The van der Waals surface area contributed by atoms with Crippen LogP contribution in [-0.4, -0.2) is 30.6 Å². The highest BCUT2D eigenvalue weighted by molar-refractivity contribution is 7.90. The summed E-state index contributed by atoms with van der Waals surface area (Å²) in [4.78, 5) is 0. The van der Waals surface area contributed by atoms with Crippen LogP contribution in [0.3, 0.4) is 0 Å². The Morgan fingerprint density at radius 2 is 2.11 bits per heavy atom. The molecule has 0 aromatic carbocycles. The van der Waals surface area contributed by atoms with Gasteiger partial charge in [0.15, 0.2) is 0 Å². The van der Waals surface area contributed by atoms with Crippen LogP contribution < -0.4 is 11.3 Å². The molecule has 0 spiro atoms. The van der Waals surface area contributed by atoms with E-state index in [0.29, 0.717) is 6.42 Å². The van der Waals surface area contributed by atoms with Gasteiger partial charge >= 0.3 is 0 Å². The topological polar surface area (TPSA) is 98.0 Å². The lowest BCUT2D eigenvalue weighted by Crippen LogP contribution is -2.30. The van der Waals surface area contributed by atoms with Crippen LogP contribution in [0.2, 0.25) is 0 Å². The summed E-state index contributed by atoms with van der Waals surface area (Å²) in [5.74, 6) is 5.60. The second-order valence-electron chi connectivity index (χ2n) is 4.38. The molecule has 0 aliphatic carbocycles. The van der Waals surface area contributed by atoms with Crippen LogP contribution in [0.4, 0.5) is 0 Å². The first-order chi connectivity index (χ1) is 8.37. The minimum atomic E-state index is -3.00. The molecular formula is C11H20N4O2S. The number of aryl methyl sites for hydroxylation is 2. The van der Waals surface area contributed by atoms with Crippen LogP contribution >= 0.6 is 0 Å². The first kappa shape index (κ1) is 15.0. The molecule has 1 aromatic rings. The predicted molar refractivity (Wildman–Crippen MR) is 70.5 cm³/mol. The van der Waals surface area contributed by atoms with Gasteiger partial charge in [0.1, 0.15) is 9.84 Å². The molecular weight excluding hydrogens is 252 g/mol. The molecule has 0 fully saturated rings. The van der Waals surface area contributed by atoms with Gasteiger partial charge in [0.2, 0.25) is 0 Å². The Hall–Kier alpha value is -1.05. The van der Waals surface area contributed by atoms with Crippen LogP contribution in [0.1, 0.15) is 36.3 Å². The van der Waals surface area contributed by atoms with Crippen molar-refractivity contribution in [2.75, 3.05) is 12.0 Å². The summed E-state index contributed by atoms with van der Waals surface area (Å²) in [6.07, 6.45) is 2.38. The molecule has 0 saturated carbocycles. The number of aromatic nitrogens is 2. The van der Waals surface area contributed by atoms with Crippen molar-refractivity contribution < 1.29 is 8.42 Å². The average Bonchev–Trinajstić information content (AvgIpc) is 2.28. The predicted octanol–water partition coefficient (Wildman–Crippen LogP) is 0.287. The summed E-state index contributed by atoms with van der Waals surface area (Å²) in [6.45, 7) is 3.83. The molecule has 0 saturated heterocycles. The van der Waals surface area contributed by atoms with Crippen molar-refractivity contribution in [1.82, 2.24) is 15.6 Å². The zero-order valence-electron chi connectivity index (χ0n) is 11.0. The standard InChI is InChI=1S/C11H20N4O2S/c1-4-10-9(7-8(2)14-15-10)11(13-12)5-6-18(3,16)17/h7,11,13H,4-6,12H2,1-3H3. The fraction of sp³-hybridized carbons (Fsp3) is 0.636. The Balaban J connectivity index is 2.97. The summed E-state index contributed by atoms with van der Waals surface area (Å²) in [7, 11) is -3.00. The lowest BCUT2D eigenvalue weighted by Gasteiger charge is -2.18. The minimum Gasteiger partial charge on any atom is -0.271 e. The summed E-state index contributed by atoms with van der Waals surface area (Å²) >= 11 is 0. The van der Waals surface area contributed by atoms with E-state index in [1.54, 1.807) is 0 Å². The number of hydrazine groups is 1. The normalized spacial score (nSPS) is 13.6. The molecule has 1 unspecified atom stereocenters. The van der Waals surface area contributed by atoms with Crippen molar-refractivity contribution in [2.45, 2.75) is 32.7 Å². The highest BCUT2D eigenvalue weighted by Gasteiger charge is 2.17. The Labute approximate surface area is 108 Å². The second kappa shape index (κ2) is 6.21. The van der Waals surface area contributed by atoms with E-state index in [1.807, 2.05) is 19.9 Å². The Bertz CT molecular complexity index is 502. The highest BCUT2D eigenvalue weighted by Crippen LogP contribution is 2.20. The molecule has 7 heteroatoms. The zero-order chi connectivity index (χ0) is 13.8. The lowest BCUT2D eigenvalue weighted by molar-refractivity contribution is 0.523. The van der Waals surface area contributed by atoms with E-state index in [0.717, 1.165) is 23.4 Å². The van der Waals surface area contributed by atoms with E-state index < -0.39 is 9.84 Å². The maximum absolute atomic E-state index is 11.2. The van der Waals surface area contributed by atoms with Crippen LogP contribution in [0.25, 0.3) is 0 Å². The average molecular weight is 272 g/mol. The first-order valence-electron chi connectivity index (χ1n) is 5.84. The maximum Gasteiger partial charge on any atom is 0.147 e. The summed E-state index contributed by atoms with van der Waals surface area (Å²) < 4.78 is 22.4. The number of nitrogens with zero attached hydrogens (tertiary/aromatic N) is 2. The van der Waals surface area contributed by atoms with Crippen molar-refractivity contribution in [3.8, 4) is 0 Å². The van der Waals surface area contributed by atoms with Crippen LogP contribution in [-0.2, 0) is 16.3 Å². The Morgan fingerprint density at radius 1 is 1.44 bits per heavy atom. The number of nitrogens with one attached hydrogen (secondary N) is 1. The lowest BCUT2D eigenvalue weighted by atomic mass is 10.0. The van der Waals surface area contributed by atoms with E-state index in [9.17, 15) is 8.42 Å².